The maximum absolute atomic E-state index is 12.6. The van der Waals surface area contributed by atoms with Crippen LogP contribution >= 0.6 is 24.0 Å². The first-order valence-electron chi connectivity index (χ1n) is 9.08. The van der Waals surface area contributed by atoms with Gasteiger partial charge in [-0.3, -0.25) is 0 Å². The molecule has 2 aromatic rings. The molecule has 29 heavy (non-hydrogen) atoms. The first-order valence-corrected chi connectivity index (χ1v) is 9.08. The number of hydrogen-bond donors (Lipinski definition) is 2. The van der Waals surface area contributed by atoms with Crippen LogP contribution in [0.4, 0.5) is 14.6 Å². The Labute approximate surface area is 187 Å². The van der Waals surface area contributed by atoms with Crippen LogP contribution < -0.4 is 20.3 Å². The second-order valence-electron chi connectivity index (χ2n) is 6.42. The summed E-state index contributed by atoms with van der Waals surface area (Å²) in [6.07, 6.45) is 0. The molecule has 0 aliphatic heterocycles. The summed E-state index contributed by atoms with van der Waals surface area (Å²) in [5.74, 6) is 1.58. The molecule has 1 heterocycles. The van der Waals surface area contributed by atoms with E-state index in [1.165, 1.54) is 0 Å². The highest BCUT2D eigenvalue weighted by molar-refractivity contribution is 14.0. The molecular weight excluding hydrogens is 491 g/mol. The number of aryl methyl sites for hydroxylation is 1. The van der Waals surface area contributed by atoms with E-state index in [-0.39, 0.29) is 36.3 Å². The number of benzene rings is 1. The maximum atomic E-state index is 12.6. The number of nitrogens with one attached hydrogen (secondary N) is 2. The molecule has 160 valence electrons. The van der Waals surface area contributed by atoms with Crippen molar-refractivity contribution in [2.24, 2.45) is 4.99 Å². The molecule has 9 heteroatoms. The van der Waals surface area contributed by atoms with Gasteiger partial charge >= 0.3 is 6.61 Å². The van der Waals surface area contributed by atoms with Crippen LogP contribution in [0.25, 0.3) is 0 Å². The quantitative estimate of drug-likeness (QED) is 0.315. The zero-order chi connectivity index (χ0) is 20.5. The van der Waals surface area contributed by atoms with Gasteiger partial charge in [0.25, 0.3) is 0 Å². The van der Waals surface area contributed by atoms with Crippen molar-refractivity contribution in [1.29, 1.82) is 0 Å². The second kappa shape index (κ2) is 12.4. The number of halogens is 3. The number of guanidine groups is 1. The molecule has 0 fully saturated rings. The van der Waals surface area contributed by atoms with Crippen molar-refractivity contribution in [3.8, 4) is 5.75 Å². The van der Waals surface area contributed by atoms with Crippen LogP contribution in [0.15, 0.2) is 41.4 Å². The molecule has 2 N–H and O–H groups in total. The third-order valence-electron chi connectivity index (χ3n) is 3.87. The molecule has 0 amide bonds. The monoisotopic (exact) mass is 519 g/mol. The van der Waals surface area contributed by atoms with E-state index in [9.17, 15) is 8.78 Å². The van der Waals surface area contributed by atoms with Gasteiger partial charge in [0.1, 0.15) is 11.6 Å². The van der Waals surface area contributed by atoms with Crippen molar-refractivity contribution in [3.63, 3.8) is 0 Å². The number of nitrogens with zero attached hydrogens (tertiary/aromatic N) is 3. The van der Waals surface area contributed by atoms with Crippen molar-refractivity contribution < 1.29 is 13.5 Å². The average molecular weight is 519 g/mol. The smallest absolute Gasteiger partial charge is 0.387 e. The summed E-state index contributed by atoms with van der Waals surface area (Å²) < 4.78 is 29.9. The van der Waals surface area contributed by atoms with Gasteiger partial charge in [-0.1, -0.05) is 23.8 Å². The zero-order valence-electron chi connectivity index (χ0n) is 17.1. The Bertz CT molecular complexity index is 802. The third kappa shape index (κ3) is 8.38. The number of hydrogen-bond acceptors (Lipinski definition) is 4. The topological polar surface area (TPSA) is 61.8 Å². The fourth-order valence-electron chi connectivity index (χ4n) is 2.54. The zero-order valence-corrected chi connectivity index (χ0v) is 19.4. The lowest BCUT2D eigenvalue weighted by molar-refractivity contribution is -0.0504. The molecule has 1 aromatic carbocycles. The number of aromatic nitrogens is 1. The second-order valence-corrected chi connectivity index (χ2v) is 6.42. The molecule has 0 unspecified atom stereocenters. The Kier molecular flexibility index (Phi) is 10.6. The molecule has 0 spiro atoms. The van der Waals surface area contributed by atoms with Crippen LogP contribution in [-0.4, -0.2) is 38.2 Å². The Morgan fingerprint density at radius 3 is 2.62 bits per heavy atom. The van der Waals surface area contributed by atoms with Crippen molar-refractivity contribution in [1.82, 2.24) is 15.6 Å². The molecule has 0 saturated carbocycles. The molecule has 2 rings (SSSR count). The van der Waals surface area contributed by atoms with Crippen LogP contribution in [0, 0.1) is 6.92 Å². The molecule has 0 aliphatic rings. The van der Waals surface area contributed by atoms with Gasteiger partial charge in [0.05, 0.1) is 18.8 Å². The summed E-state index contributed by atoms with van der Waals surface area (Å²) in [6, 6.07) is 10.9. The summed E-state index contributed by atoms with van der Waals surface area (Å²) in [5.41, 5.74) is 2.42. The summed E-state index contributed by atoms with van der Waals surface area (Å²) in [7, 11) is 3.87. The molecule has 6 nitrogen and oxygen atoms in total. The standard InChI is InChI=1S/C20H27F2N5O.HI/c1-5-23-20(25-13-16-7-6-8-18(26-16)27(3)4)24-12-15-11-14(2)9-10-17(15)28-19(21)22;/h6-11,19H,5,12-13H2,1-4H3,(H2,23,24,25);1H. The minimum Gasteiger partial charge on any atom is -0.434 e. The molecule has 0 saturated heterocycles. The summed E-state index contributed by atoms with van der Waals surface area (Å²) in [6.45, 7) is 2.36. The number of pyridine rings is 1. The molecular formula is C20H28F2IN5O. The highest BCUT2D eigenvalue weighted by Crippen LogP contribution is 2.22. The first-order chi connectivity index (χ1) is 13.4. The number of aliphatic imine (C=N–C) groups is 1. The highest BCUT2D eigenvalue weighted by atomic mass is 127. The predicted octanol–water partition coefficient (Wildman–Crippen LogP) is 3.93. The van der Waals surface area contributed by atoms with Crippen molar-refractivity contribution in [2.75, 3.05) is 25.5 Å². The van der Waals surface area contributed by atoms with Gasteiger partial charge in [-0.15, -0.1) is 24.0 Å². The normalized spacial score (nSPS) is 11.1. The Balaban J connectivity index is 0.00000420. The van der Waals surface area contributed by atoms with Crippen molar-refractivity contribution >= 4 is 35.8 Å². The minimum atomic E-state index is -2.87. The SMILES string of the molecule is CCNC(=NCc1cc(C)ccc1OC(F)F)NCc1cccc(N(C)C)n1.I. The number of anilines is 1. The van der Waals surface area contributed by atoms with E-state index in [2.05, 4.69) is 25.3 Å². The van der Waals surface area contributed by atoms with E-state index in [4.69, 9.17) is 0 Å². The van der Waals surface area contributed by atoms with E-state index in [0.717, 1.165) is 17.1 Å². The maximum Gasteiger partial charge on any atom is 0.387 e. The fraction of sp³-hybridized carbons (Fsp3) is 0.400. The van der Waals surface area contributed by atoms with Gasteiger partial charge in [-0.2, -0.15) is 8.78 Å². The van der Waals surface area contributed by atoms with Gasteiger partial charge in [0.15, 0.2) is 5.96 Å². The van der Waals surface area contributed by atoms with Gasteiger partial charge in [-0.05, 0) is 32.0 Å². The van der Waals surface area contributed by atoms with Gasteiger partial charge < -0.3 is 20.3 Å². The summed E-state index contributed by atoms with van der Waals surface area (Å²) in [5, 5.41) is 6.36. The number of ether oxygens (including phenoxy) is 1. The largest absolute Gasteiger partial charge is 0.434 e. The first kappa shape index (κ1) is 24.9. The van der Waals surface area contributed by atoms with Crippen LogP contribution in [0.3, 0.4) is 0 Å². The lowest BCUT2D eigenvalue weighted by Crippen LogP contribution is -2.37. The van der Waals surface area contributed by atoms with Crippen LogP contribution in [0.5, 0.6) is 5.75 Å². The summed E-state index contributed by atoms with van der Waals surface area (Å²) >= 11 is 0. The molecule has 0 bridgehead atoms. The Morgan fingerprint density at radius 2 is 1.97 bits per heavy atom. The van der Waals surface area contributed by atoms with Crippen LogP contribution in [0.1, 0.15) is 23.7 Å². The Morgan fingerprint density at radius 1 is 1.21 bits per heavy atom. The van der Waals surface area contributed by atoms with Crippen LogP contribution in [0.2, 0.25) is 0 Å². The van der Waals surface area contributed by atoms with E-state index in [0.29, 0.717) is 24.6 Å². The Hall–Kier alpha value is -2.17. The predicted molar refractivity (Wildman–Crippen MR) is 123 cm³/mol. The highest BCUT2D eigenvalue weighted by Gasteiger charge is 2.10. The molecule has 0 aliphatic carbocycles. The van der Waals surface area contributed by atoms with E-state index in [1.807, 2.05) is 51.0 Å². The van der Waals surface area contributed by atoms with Gasteiger partial charge in [0.2, 0.25) is 0 Å². The van der Waals surface area contributed by atoms with E-state index < -0.39 is 6.61 Å². The molecule has 1 aromatic heterocycles. The van der Waals surface area contributed by atoms with Crippen molar-refractivity contribution in [2.45, 2.75) is 33.5 Å². The van der Waals surface area contributed by atoms with Crippen LogP contribution in [-0.2, 0) is 13.1 Å². The van der Waals surface area contributed by atoms with Crippen molar-refractivity contribution in [3.05, 3.63) is 53.2 Å². The fourth-order valence-corrected chi connectivity index (χ4v) is 2.54. The lowest BCUT2D eigenvalue weighted by atomic mass is 10.1. The lowest BCUT2D eigenvalue weighted by Gasteiger charge is -2.15. The minimum absolute atomic E-state index is 0. The molecule has 0 radical (unpaired) electrons. The van der Waals surface area contributed by atoms with Gasteiger partial charge in [-0.25, -0.2) is 9.98 Å². The average Bonchev–Trinajstić information content (AvgIpc) is 2.65. The third-order valence-corrected chi connectivity index (χ3v) is 3.87. The molecule has 0 atom stereocenters. The van der Waals surface area contributed by atoms with E-state index in [1.54, 1.807) is 18.2 Å². The number of alkyl halides is 2. The van der Waals surface area contributed by atoms with E-state index >= 15 is 0 Å². The van der Waals surface area contributed by atoms with Gasteiger partial charge in [0, 0.05) is 26.2 Å². The number of rotatable bonds is 8. The summed E-state index contributed by atoms with van der Waals surface area (Å²) in [4.78, 5) is 11.0.